The Bertz CT molecular complexity index is 397. The number of methoxy groups -OCH3 is 1. The van der Waals surface area contributed by atoms with Crippen molar-refractivity contribution < 1.29 is 19.1 Å². The summed E-state index contributed by atoms with van der Waals surface area (Å²) in [5.74, 6) is 0.395. The third kappa shape index (κ3) is 4.56. The van der Waals surface area contributed by atoms with Crippen LogP contribution in [0.3, 0.4) is 0 Å². The summed E-state index contributed by atoms with van der Waals surface area (Å²) in [6.07, 6.45) is 0. The van der Waals surface area contributed by atoms with E-state index in [-0.39, 0.29) is 11.4 Å². The summed E-state index contributed by atoms with van der Waals surface area (Å²) in [6.45, 7) is 1.71. The number of nitrogens with two attached hydrogens (primary N) is 1. The van der Waals surface area contributed by atoms with Crippen LogP contribution in [0.4, 0.5) is 11.4 Å². The van der Waals surface area contributed by atoms with Crippen molar-refractivity contribution in [3.05, 3.63) is 28.3 Å². The minimum atomic E-state index is -0.544. The van der Waals surface area contributed by atoms with Gasteiger partial charge >= 0.3 is 0 Å². The number of nitro benzene ring substituents is 1. The first-order valence-electron chi connectivity index (χ1n) is 5.38. The van der Waals surface area contributed by atoms with E-state index in [9.17, 15) is 10.1 Å². The van der Waals surface area contributed by atoms with Crippen LogP contribution in [0.15, 0.2) is 18.2 Å². The molecule has 0 amide bonds. The van der Waals surface area contributed by atoms with Gasteiger partial charge in [-0.2, -0.15) is 0 Å². The minimum Gasteiger partial charge on any atom is -0.491 e. The molecule has 0 fully saturated rings. The van der Waals surface area contributed by atoms with Gasteiger partial charge in [-0.1, -0.05) is 0 Å². The second-order valence-electron chi connectivity index (χ2n) is 3.43. The van der Waals surface area contributed by atoms with Gasteiger partial charge in [-0.3, -0.25) is 10.1 Å². The fourth-order valence-electron chi connectivity index (χ4n) is 1.23. The second kappa shape index (κ2) is 7.46. The van der Waals surface area contributed by atoms with Crippen LogP contribution >= 0.6 is 0 Å². The van der Waals surface area contributed by atoms with Crippen molar-refractivity contribution in [1.29, 1.82) is 0 Å². The lowest BCUT2D eigenvalue weighted by molar-refractivity contribution is -0.384. The lowest BCUT2D eigenvalue weighted by atomic mass is 10.2. The predicted octanol–water partition coefficient (Wildman–Crippen LogP) is 1.22. The fraction of sp³-hybridized carbons (Fsp3) is 0.455. The molecule has 0 atom stereocenters. The Hall–Kier alpha value is -1.86. The van der Waals surface area contributed by atoms with E-state index >= 15 is 0 Å². The molecule has 0 bridgehead atoms. The highest BCUT2D eigenvalue weighted by Crippen LogP contribution is 2.26. The Balaban J connectivity index is 2.38. The molecule has 0 saturated carbocycles. The molecule has 0 aromatic heterocycles. The molecule has 0 aliphatic rings. The third-order valence-corrected chi connectivity index (χ3v) is 2.13. The van der Waals surface area contributed by atoms with E-state index in [4.69, 9.17) is 19.9 Å². The number of rotatable bonds is 8. The van der Waals surface area contributed by atoms with Gasteiger partial charge in [0.1, 0.15) is 18.0 Å². The van der Waals surface area contributed by atoms with E-state index in [2.05, 4.69) is 0 Å². The maximum atomic E-state index is 10.7. The first kappa shape index (κ1) is 14.2. The maximum Gasteiger partial charge on any atom is 0.295 e. The van der Waals surface area contributed by atoms with Crippen molar-refractivity contribution in [2.24, 2.45) is 0 Å². The lowest BCUT2D eigenvalue weighted by Gasteiger charge is -2.07. The zero-order valence-corrected chi connectivity index (χ0v) is 10.1. The minimum absolute atomic E-state index is 0.115. The fourth-order valence-corrected chi connectivity index (χ4v) is 1.23. The van der Waals surface area contributed by atoms with Crippen LogP contribution in [0.25, 0.3) is 0 Å². The summed E-state index contributed by atoms with van der Waals surface area (Å²) in [4.78, 5) is 10.1. The molecule has 7 heteroatoms. The Labute approximate surface area is 105 Å². The highest BCUT2D eigenvalue weighted by Gasteiger charge is 2.12. The first-order valence-corrected chi connectivity index (χ1v) is 5.38. The predicted molar refractivity (Wildman–Crippen MR) is 65.7 cm³/mol. The molecule has 0 heterocycles. The molecule has 0 spiro atoms. The van der Waals surface area contributed by atoms with Gasteiger partial charge in [0, 0.05) is 7.11 Å². The molecule has 0 radical (unpaired) electrons. The monoisotopic (exact) mass is 256 g/mol. The van der Waals surface area contributed by atoms with Gasteiger partial charge in [0.15, 0.2) is 0 Å². The molecule has 2 N–H and O–H groups in total. The molecular weight excluding hydrogens is 240 g/mol. The van der Waals surface area contributed by atoms with Gasteiger partial charge in [-0.25, -0.2) is 0 Å². The van der Waals surface area contributed by atoms with Crippen LogP contribution in [0, 0.1) is 10.1 Å². The first-order chi connectivity index (χ1) is 8.65. The summed E-state index contributed by atoms with van der Waals surface area (Å²) in [7, 11) is 1.59. The van der Waals surface area contributed by atoms with E-state index < -0.39 is 4.92 Å². The van der Waals surface area contributed by atoms with Crippen LogP contribution in [0.1, 0.15) is 0 Å². The normalized spacial score (nSPS) is 10.3. The Morgan fingerprint density at radius 2 is 2.00 bits per heavy atom. The summed E-state index contributed by atoms with van der Waals surface area (Å²) >= 11 is 0. The van der Waals surface area contributed by atoms with Crippen LogP contribution < -0.4 is 10.5 Å². The second-order valence-corrected chi connectivity index (χ2v) is 3.43. The third-order valence-electron chi connectivity index (χ3n) is 2.13. The van der Waals surface area contributed by atoms with Crippen molar-refractivity contribution in [2.75, 3.05) is 39.3 Å². The van der Waals surface area contributed by atoms with Crippen molar-refractivity contribution >= 4 is 11.4 Å². The summed E-state index contributed by atoms with van der Waals surface area (Å²) in [5, 5.41) is 10.7. The number of hydrogen-bond acceptors (Lipinski definition) is 6. The van der Waals surface area contributed by atoms with Crippen molar-refractivity contribution in [3.8, 4) is 5.75 Å². The van der Waals surface area contributed by atoms with Crippen LogP contribution in [-0.4, -0.2) is 38.5 Å². The summed E-state index contributed by atoms with van der Waals surface area (Å²) in [5.41, 5.74) is 5.42. The highest BCUT2D eigenvalue weighted by atomic mass is 16.6. The highest BCUT2D eigenvalue weighted by molar-refractivity contribution is 5.60. The Morgan fingerprint density at radius 1 is 1.28 bits per heavy atom. The van der Waals surface area contributed by atoms with Crippen LogP contribution in [-0.2, 0) is 9.47 Å². The van der Waals surface area contributed by atoms with Gasteiger partial charge < -0.3 is 19.9 Å². The molecule has 1 aromatic carbocycles. The van der Waals surface area contributed by atoms with Crippen molar-refractivity contribution in [3.63, 3.8) is 0 Å². The standard InChI is InChI=1S/C11H16N2O5/c1-16-4-5-17-6-7-18-9-2-3-10(12)11(8-9)13(14)15/h2-3,8H,4-7,12H2,1H3. The van der Waals surface area contributed by atoms with Crippen LogP contribution in [0.2, 0.25) is 0 Å². The molecule has 7 nitrogen and oxygen atoms in total. The number of anilines is 1. The smallest absolute Gasteiger partial charge is 0.295 e. The van der Waals surface area contributed by atoms with Gasteiger partial charge in [0.25, 0.3) is 5.69 Å². The lowest BCUT2D eigenvalue weighted by Crippen LogP contribution is -2.10. The molecule has 0 aliphatic heterocycles. The molecule has 100 valence electrons. The van der Waals surface area contributed by atoms with E-state index in [1.54, 1.807) is 13.2 Å². The van der Waals surface area contributed by atoms with Gasteiger partial charge in [-0.15, -0.1) is 0 Å². The molecule has 0 unspecified atom stereocenters. The summed E-state index contributed by atoms with van der Waals surface area (Å²) < 4.78 is 15.3. The molecule has 18 heavy (non-hydrogen) atoms. The topological polar surface area (TPSA) is 96.8 Å². The SMILES string of the molecule is COCCOCCOc1ccc(N)c([N+](=O)[O-])c1. The van der Waals surface area contributed by atoms with Gasteiger partial charge in [0.05, 0.1) is 30.8 Å². The zero-order valence-electron chi connectivity index (χ0n) is 10.1. The van der Waals surface area contributed by atoms with Crippen molar-refractivity contribution in [1.82, 2.24) is 0 Å². The molecule has 1 rings (SSSR count). The number of nitrogen functional groups attached to an aromatic ring is 1. The number of benzene rings is 1. The maximum absolute atomic E-state index is 10.7. The number of ether oxygens (including phenoxy) is 3. The number of hydrogen-bond donors (Lipinski definition) is 1. The van der Waals surface area contributed by atoms with E-state index in [0.29, 0.717) is 32.2 Å². The molecule has 1 aromatic rings. The average molecular weight is 256 g/mol. The van der Waals surface area contributed by atoms with Crippen molar-refractivity contribution in [2.45, 2.75) is 0 Å². The number of nitro groups is 1. The largest absolute Gasteiger partial charge is 0.491 e. The molecule has 0 saturated heterocycles. The Kier molecular flexibility index (Phi) is 5.89. The summed E-state index contributed by atoms with van der Waals surface area (Å²) in [6, 6.07) is 4.32. The zero-order chi connectivity index (χ0) is 13.4. The van der Waals surface area contributed by atoms with Gasteiger partial charge in [0.2, 0.25) is 0 Å². The van der Waals surface area contributed by atoms with E-state index in [0.717, 1.165) is 0 Å². The molecular formula is C11H16N2O5. The van der Waals surface area contributed by atoms with E-state index in [1.165, 1.54) is 12.1 Å². The Morgan fingerprint density at radius 3 is 2.67 bits per heavy atom. The average Bonchev–Trinajstić information content (AvgIpc) is 2.35. The number of nitrogens with zero attached hydrogens (tertiary/aromatic N) is 1. The van der Waals surface area contributed by atoms with Gasteiger partial charge in [-0.05, 0) is 12.1 Å². The quantitative estimate of drug-likeness (QED) is 0.325. The van der Waals surface area contributed by atoms with E-state index in [1.807, 2.05) is 0 Å². The van der Waals surface area contributed by atoms with Crippen LogP contribution in [0.5, 0.6) is 5.75 Å². The molecule has 0 aliphatic carbocycles.